The predicted octanol–water partition coefficient (Wildman–Crippen LogP) is 2.32. The number of benzene rings is 1. The number of carbonyl (C=O) groups excluding carboxylic acids is 2. The smallest absolute Gasteiger partial charge is 0.338 e. The lowest BCUT2D eigenvalue weighted by Crippen LogP contribution is -2.41. The van der Waals surface area contributed by atoms with E-state index >= 15 is 0 Å². The number of nitrogens with zero attached hydrogens (tertiary/aromatic N) is 2. The summed E-state index contributed by atoms with van der Waals surface area (Å²) in [4.78, 5) is 25.8. The Morgan fingerprint density at radius 2 is 2.03 bits per heavy atom. The quantitative estimate of drug-likeness (QED) is 0.499. The van der Waals surface area contributed by atoms with Gasteiger partial charge in [0, 0.05) is 31.7 Å². The maximum atomic E-state index is 13.1. The number of sulfonamides is 1. The zero-order chi connectivity index (χ0) is 26.8. The van der Waals surface area contributed by atoms with E-state index in [1.165, 1.54) is 31.3 Å². The fraction of sp³-hybridized carbons (Fsp3) is 0.577. The van der Waals surface area contributed by atoms with E-state index in [0.29, 0.717) is 38.3 Å². The van der Waals surface area contributed by atoms with Gasteiger partial charge in [-0.2, -0.15) is 5.10 Å². The third-order valence-corrected chi connectivity index (χ3v) is 8.64. The minimum Gasteiger partial charge on any atom is -0.461 e. The first-order chi connectivity index (χ1) is 17.5. The van der Waals surface area contributed by atoms with E-state index in [1.54, 1.807) is 0 Å². The van der Waals surface area contributed by atoms with Gasteiger partial charge in [0.1, 0.15) is 0 Å². The molecule has 2 aromatic rings. The molecule has 37 heavy (non-hydrogen) atoms. The SMILES string of the molecule is CCc1nn(CC(C)(C)COC(=O)c2cccc(S(=O)(=O)NC)c2)c2c1C(=O)NCC1(CCOCC1)C2. The van der Waals surface area contributed by atoms with Gasteiger partial charge in [0.25, 0.3) is 5.91 Å². The van der Waals surface area contributed by atoms with Crippen molar-refractivity contribution in [3.63, 3.8) is 0 Å². The van der Waals surface area contributed by atoms with Crippen LogP contribution in [0.2, 0.25) is 0 Å². The van der Waals surface area contributed by atoms with Gasteiger partial charge >= 0.3 is 5.97 Å². The van der Waals surface area contributed by atoms with Gasteiger partial charge < -0.3 is 14.8 Å². The van der Waals surface area contributed by atoms with Crippen LogP contribution in [0.5, 0.6) is 0 Å². The number of hydrogen-bond donors (Lipinski definition) is 2. The Balaban J connectivity index is 1.53. The van der Waals surface area contributed by atoms with Crippen LogP contribution < -0.4 is 10.0 Å². The second-order valence-corrected chi connectivity index (χ2v) is 12.6. The zero-order valence-electron chi connectivity index (χ0n) is 21.9. The van der Waals surface area contributed by atoms with Gasteiger partial charge in [-0.15, -0.1) is 0 Å². The molecule has 2 N–H and O–H groups in total. The molecule has 0 atom stereocenters. The third-order valence-electron chi connectivity index (χ3n) is 7.23. The van der Waals surface area contributed by atoms with Crippen LogP contribution in [0.15, 0.2) is 29.2 Å². The largest absolute Gasteiger partial charge is 0.461 e. The normalized spacial score (nSPS) is 17.7. The Morgan fingerprint density at radius 1 is 1.30 bits per heavy atom. The van der Waals surface area contributed by atoms with Crippen molar-refractivity contribution in [3.05, 3.63) is 46.8 Å². The Bertz CT molecular complexity index is 1280. The van der Waals surface area contributed by atoms with Crippen molar-refractivity contribution in [2.75, 3.05) is 33.4 Å². The van der Waals surface area contributed by atoms with Crippen molar-refractivity contribution in [1.29, 1.82) is 0 Å². The molecule has 4 rings (SSSR count). The molecule has 0 unspecified atom stereocenters. The number of rotatable bonds is 8. The average molecular weight is 533 g/mol. The van der Waals surface area contributed by atoms with Crippen LogP contribution in [0.1, 0.15) is 65.7 Å². The molecular formula is C26H36N4O6S. The van der Waals surface area contributed by atoms with Crippen molar-refractivity contribution in [2.45, 2.75) is 57.9 Å². The number of fused-ring (bicyclic) bond motifs is 1. The van der Waals surface area contributed by atoms with Gasteiger partial charge in [-0.1, -0.05) is 26.8 Å². The number of ether oxygens (including phenoxy) is 2. The maximum Gasteiger partial charge on any atom is 0.338 e. The topological polar surface area (TPSA) is 129 Å². The highest BCUT2D eigenvalue weighted by atomic mass is 32.2. The molecule has 0 saturated carbocycles. The maximum absolute atomic E-state index is 13.1. The van der Waals surface area contributed by atoms with E-state index in [9.17, 15) is 18.0 Å². The number of aromatic nitrogens is 2. The van der Waals surface area contributed by atoms with Crippen LogP contribution in [0.4, 0.5) is 0 Å². The molecule has 1 saturated heterocycles. The minimum atomic E-state index is -3.68. The monoisotopic (exact) mass is 532 g/mol. The molecule has 1 fully saturated rings. The van der Waals surface area contributed by atoms with Gasteiger partial charge in [0.2, 0.25) is 10.0 Å². The predicted molar refractivity (Wildman–Crippen MR) is 137 cm³/mol. The first kappa shape index (κ1) is 27.3. The summed E-state index contributed by atoms with van der Waals surface area (Å²) in [6, 6.07) is 5.75. The molecule has 0 radical (unpaired) electrons. The van der Waals surface area contributed by atoms with E-state index in [-0.39, 0.29) is 28.4 Å². The molecule has 202 valence electrons. The molecule has 1 spiro atoms. The van der Waals surface area contributed by atoms with Crippen molar-refractivity contribution < 1.29 is 27.5 Å². The van der Waals surface area contributed by atoms with E-state index in [0.717, 1.165) is 30.7 Å². The van der Waals surface area contributed by atoms with Crippen LogP contribution in [0, 0.1) is 10.8 Å². The Labute approximate surface area is 218 Å². The van der Waals surface area contributed by atoms with E-state index < -0.39 is 21.4 Å². The van der Waals surface area contributed by atoms with Gasteiger partial charge in [-0.05, 0) is 56.3 Å². The highest BCUT2D eigenvalue weighted by molar-refractivity contribution is 7.89. The Morgan fingerprint density at radius 3 is 2.70 bits per heavy atom. The van der Waals surface area contributed by atoms with Gasteiger partial charge in [-0.25, -0.2) is 17.9 Å². The van der Waals surface area contributed by atoms with E-state index in [1.807, 2.05) is 25.5 Å². The van der Waals surface area contributed by atoms with Crippen molar-refractivity contribution in [1.82, 2.24) is 19.8 Å². The summed E-state index contributed by atoms with van der Waals surface area (Å²) in [5, 5.41) is 7.93. The van der Waals surface area contributed by atoms with Gasteiger partial charge in [-0.3, -0.25) is 9.48 Å². The average Bonchev–Trinajstić information content (AvgIpc) is 3.15. The second kappa shape index (κ2) is 10.5. The number of nitrogens with one attached hydrogen (secondary N) is 2. The first-order valence-corrected chi connectivity index (χ1v) is 14.1. The number of amides is 1. The van der Waals surface area contributed by atoms with E-state index in [2.05, 4.69) is 10.0 Å². The lowest BCUT2D eigenvalue weighted by Gasteiger charge is -2.36. The summed E-state index contributed by atoms with van der Waals surface area (Å²) < 4.78 is 39.5. The second-order valence-electron chi connectivity index (χ2n) is 10.7. The molecule has 2 aliphatic rings. The third kappa shape index (κ3) is 5.89. The van der Waals surface area contributed by atoms with Crippen LogP contribution >= 0.6 is 0 Å². The first-order valence-electron chi connectivity index (χ1n) is 12.6. The fourth-order valence-electron chi connectivity index (χ4n) is 5.01. The summed E-state index contributed by atoms with van der Waals surface area (Å²) in [5.74, 6) is -0.683. The van der Waals surface area contributed by atoms with Crippen molar-refractivity contribution >= 4 is 21.9 Å². The van der Waals surface area contributed by atoms with Crippen LogP contribution in [-0.4, -0.2) is 63.5 Å². The van der Waals surface area contributed by atoms with Crippen LogP contribution in [0.3, 0.4) is 0 Å². The van der Waals surface area contributed by atoms with Gasteiger partial charge in [0.05, 0.1) is 34.0 Å². The Kier molecular flexibility index (Phi) is 7.77. The molecule has 10 nitrogen and oxygen atoms in total. The summed E-state index contributed by atoms with van der Waals surface area (Å²) in [6.45, 7) is 8.47. The Hall–Kier alpha value is -2.76. The number of hydrogen-bond acceptors (Lipinski definition) is 7. The zero-order valence-corrected chi connectivity index (χ0v) is 22.7. The molecule has 1 amide bonds. The fourth-order valence-corrected chi connectivity index (χ4v) is 5.78. The molecule has 0 aliphatic carbocycles. The summed E-state index contributed by atoms with van der Waals surface area (Å²) in [6.07, 6.45) is 3.13. The number of carbonyl (C=O) groups is 2. The lowest BCUT2D eigenvalue weighted by molar-refractivity contribution is 0.0145. The summed E-state index contributed by atoms with van der Waals surface area (Å²) in [5.41, 5.74) is 1.97. The standard InChI is InChI=1S/C26H36N4O6S/c1-5-20-22-21(14-26(15-28-23(22)31)9-11-35-12-10-26)30(29-20)16-25(2,3)17-36-24(32)18-7-6-8-19(13-18)37(33,34)27-4/h6-8,13,27H,5,9-12,14-17H2,1-4H3,(H,28,31). The van der Waals surface area contributed by atoms with Gasteiger partial charge in [0.15, 0.2) is 0 Å². The summed E-state index contributed by atoms with van der Waals surface area (Å²) in [7, 11) is -2.36. The molecule has 11 heteroatoms. The minimum absolute atomic E-state index is 0.00430. The number of aryl methyl sites for hydroxylation is 1. The molecule has 0 bridgehead atoms. The molecule has 1 aromatic carbocycles. The van der Waals surface area contributed by atoms with Crippen molar-refractivity contribution in [3.8, 4) is 0 Å². The molecule has 3 heterocycles. The summed E-state index contributed by atoms with van der Waals surface area (Å²) >= 11 is 0. The number of esters is 1. The van der Waals surface area contributed by atoms with Crippen LogP contribution in [0.25, 0.3) is 0 Å². The highest BCUT2D eigenvalue weighted by Crippen LogP contribution is 2.38. The van der Waals surface area contributed by atoms with Crippen LogP contribution in [-0.2, 0) is 38.9 Å². The van der Waals surface area contributed by atoms with Crippen molar-refractivity contribution in [2.24, 2.45) is 10.8 Å². The molecular weight excluding hydrogens is 496 g/mol. The molecule has 1 aromatic heterocycles. The lowest BCUT2D eigenvalue weighted by atomic mass is 9.76. The highest BCUT2D eigenvalue weighted by Gasteiger charge is 2.40. The molecule has 2 aliphatic heterocycles. The van der Waals surface area contributed by atoms with E-state index in [4.69, 9.17) is 14.6 Å².